The molecule has 0 spiro atoms. The summed E-state index contributed by atoms with van der Waals surface area (Å²) in [7, 11) is 5.55. The van der Waals surface area contributed by atoms with E-state index in [1.54, 1.807) is 19.4 Å². The molecule has 0 bridgehead atoms. The Kier molecular flexibility index (Phi) is 6.95. The highest BCUT2D eigenvalue weighted by atomic mass is 16.8. The number of hydrogen-bond acceptors (Lipinski definition) is 8. The average molecular weight is 406 g/mol. The summed E-state index contributed by atoms with van der Waals surface area (Å²) in [5, 5.41) is 0.936. The molecule has 0 aliphatic carbocycles. The molecule has 1 aliphatic rings. The predicted octanol–water partition coefficient (Wildman–Crippen LogP) is 2.64. The van der Waals surface area contributed by atoms with Crippen molar-refractivity contribution in [1.29, 1.82) is 0 Å². The lowest BCUT2D eigenvalue weighted by molar-refractivity contribution is -0.0303. The van der Waals surface area contributed by atoms with E-state index >= 15 is 0 Å². The van der Waals surface area contributed by atoms with E-state index in [0.29, 0.717) is 30.9 Å². The zero-order valence-electron chi connectivity index (χ0n) is 16.9. The van der Waals surface area contributed by atoms with Crippen LogP contribution in [0.25, 0.3) is 10.9 Å². The van der Waals surface area contributed by atoms with Crippen LogP contribution in [0.3, 0.4) is 0 Å². The van der Waals surface area contributed by atoms with Crippen molar-refractivity contribution in [1.82, 2.24) is 9.47 Å². The van der Waals surface area contributed by atoms with Gasteiger partial charge in [-0.25, -0.2) is 9.59 Å². The summed E-state index contributed by atoms with van der Waals surface area (Å²) >= 11 is 0. The van der Waals surface area contributed by atoms with Gasteiger partial charge in [-0.05, 0) is 38.2 Å². The van der Waals surface area contributed by atoms with Gasteiger partial charge in [-0.1, -0.05) is 0 Å². The summed E-state index contributed by atoms with van der Waals surface area (Å²) in [6.07, 6.45) is 1.27. The molecule has 1 saturated heterocycles. The minimum Gasteiger partial charge on any atom is -0.497 e. The molecule has 2 heterocycles. The Morgan fingerprint density at radius 3 is 2.79 bits per heavy atom. The fourth-order valence-electron chi connectivity index (χ4n) is 3.07. The Morgan fingerprint density at radius 2 is 2.10 bits per heavy atom. The zero-order chi connectivity index (χ0) is 20.8. The van der Waals surface area contributed by atoms with Gasteiger partial charge in [0, 0.05) is 30.6 Å². The molecule has 3 rings (SSSR count). The van der Waals surface area contributed by atoms with Crippen LogP contribution in [0.1, 0.15) is 12.0 Å². The minimum absolute atomic E-state index is 0.321. The average Bonchev–Trinajstić information content (AvgIpc) is 3.33. The number of carbonyl (C=O) groups is 2. The first-order valence-corrected chi connectivity index (χ1v) is 9.39. The van der Waals surface area contributed by atoms with Gasteiger partial charge < -0.3 is 28.6 Å². The van der Waals surface area contributed by atoms with E-state index in [2.05, 4.69) is 4.90 Å². The fourth-order valence-corrected chi connectivity index (χ4v) is 3.07. The van der Waals surface area contributed by atoms with E-state index < -0.39 is 19.0 Å². The van der Waals surface area contributed by atoms with Gasteiger partial charge in [0.05, 0.1) is 25.8 Å². The van der Waals surface area contributed by atoms with Crippen molar-refractivity contribution >= 4 is 23.2 Å². The Bertz CT molecular complexity index is 856. The maximum absolute atomic E-state index is 12.6. The molecule has 0 N–H and O–H groups in total. The molecule has 0 radical (unpaired) electrons. The lowest BCUT2D eigenvalue weighted by Gasteiger charge is -2.11. The van der Waals surface area contributed by atoms with Crippen LogP contribution in [0, 0.1) is 0 Å². The Hall–Kier alpha value is -2.78. The summed E-state index contributed by atoms with van der Waals surface area (Å²) in [5.41, 5.74) is 1.67. The van der Waals surface area contributed by atoms with Crippen LogP contribution >= 0.6 is 0 Å². The molecule has 1 unspecified atom stereocenters. The van der Waals surface area contributed by atoms with Gasteiger partial charge in [0.2, 0.25) is 6.79 Å². The maximum atomic E-state index is 12.6. The van der Waals surface area contributed by atoms with Crippen molar-refractivity contribution < 1.29 is 33.3 Å². The first-order chi connectivity index (χ1) is 14.0. The van der Waals surface area contributed by atoms with E-state index in [9.17, 15) is 9.59 Å². The molecule has 158 valence electrons. The molecule has 1 atom stereocenters. The van der Waals surface area contributed by atoms with Crippen LogP contribution in [-0.2, 0) is 25.4 Å². The number of fused-ring (bicyclic) bond motifs is 1. The first kappa shape index (κ1) is 20.9. The number of methoxy groups -OCH3 is 1. The zero-order valence-corrected chi connectivity index (χ0v) is 16.9. The van der Waals surface area contributed by atoms with E-state index in [1.807, 2.05) is 26.2 Å². The fraction of sp³-hybridized carbons (Fsp3) is 0.500. The van der Waals surface area contributed by atoms with Gasteiger partial charge in [-0.3, -0.25) is 4.57 Å². The van der Waals surface area contributed by atoms with Gasteiger partial charge in [0.15, 0.2) is 0 Å². The SMILES string of the molecule is COc1ccc2c(CCN(C)C)cn(C(=O)OCOC(=O)OC3CCOC3)c2c1. The van der Waals surface area contributed by atoms with Crippen LogP contribution in [0.15, 0.2) is 24.4 Å². The van der Waals surface area contributed by atoms with Crippen molar-refractivity contribution in [2.45, 2.75) is 18.9 Å². The molecule has 9 heteroatoms. The van der Waals surface area contributed by atoms with Crippen molar-refractivity contribution in [2.75, 3.05) is 47.8 Å². The quantitative estimate of drug-likeness (QED) is 0.512. The first-order valence-electron chi connectivity index (χ1n) is 9.39. The molecule has 1 aromatic carbocycles. The molecule has 1 aromatic heterocycles. The summed E-state index contributed by atoms with van der Waals surface area (Å²) in [4.78, 5) is 26.3. The largest absolute Gasteiger partial charge is 0.511 e. The van der Waals surface area contributed by atoms with E-state index in [0.717, 1.165) is 23.9 Å². The Labute approximate surface area is 169 Å². The second-order valence-corrected chi connectivity index (χ2v) is 6.99. The van der Waals surface area contributed by atoms with Crippen LogP contribution in [-0.4, -0.2) is 75.6 Å². The van der Waals surface area contributed by atoms with E-state index in [-0.39, 0.29) is 6.10 Å². The summed E-state index contributed by atoms with van der Waals surface area (Å²) in [6.45, 7) is 1.19. The van der Waals surface area contributed by atoms with Crippen molar-refractivity contribution in [3.05, 3.63) is 30.0 Å². The number of benzene rings is 1. The summed E-state index contributed by atoms with van der Waals surface area (Å²) in [6, 6.07) is 5.54. The summed E-state index contributed by atoms with van der Waals surface area (Å²) < 4.78 is 26.8. The van der Waals surface area contributed by atoms with Gasteiger partial charge in [-0.15, -0.1) is 0 Å². The number of hydrogen-bond donors (Lipinski definition) is 0. The lowest BCUT2D eigenvalue weighted by Crippen LogP contribution is -2.21. The Balaban J connectivity index is 1.66. The van der Waals surface area contributed by atoms with Gasteiger partial charge in [0.1, 0.15) is 11.9 Å². The van der Waals surface area contributed by atoms with Gasteiger partial charge in [0.25, 0.3) is 0 Å². The lowest BCUT2D eigenvalue weighted by atomic mass is 10.1. The highest BCUT2D eigenvalue weighted by molar-refractivity contribution is 5.92. The van der Waals surface area contributed by atoms with Crippen molar-refractivity contribution in [3.8, 4) is 5.75 Å². The normalized spacial score (nSPS) is 16.2. The van der Waals surface area contributed by atoms with E-state index in [4.69, 9.17) is 23.7 Å². The molecule has 0 amide bonds. The topological polar surface area (TPSA) is 88.5 Å². The van der Waals surface area contributed by atoms with Crippen LogP contribution in [0.5, 0.6) is 5.75 Å². The predicted molar refractivity (Wildman–Crippen MR) is 104 cm³/mol. The van der Waals surface area contributed by atoms with Gasteiger partial charge >= 0.3 is 12.2 Å². The van der Waals surface area contributed by atoms with Crippen molar-refractivity contribution in [3.63, 3.8) is 0 Å². The maximum Gasteiger partial charge on any atom is 0.511 e. The molecular weight excluding hydrogens is 380 g/mol. The second-order valence-electron chi connectivity index (χ2n) is 6.99. The van der Waals surface area contributed by atoms with Crippen LogP contribution in [0.2, 0.25) is 0 Å². The molecule has 1 fully saturated rings. The molecule has 2 aromatic rings. The van der Waals surface area contributed by atoms with Gasteiger partial charge in [-0.2, -0.15) is 0 Å². The highest BCUT2D eigenvalue weighted by Crippen LogP contribution is 2.26. The van der Waals surface area contributed by atoms with Crippen LogP contribution < -0.4 is 4.74 Å². The monoisotopic (exact) mass is 406 g/mol. The third-order valence-electron chi connectivity index (χ3n) is 4.63. The third-order valence-corrected chi connectivity index (χ3v) is 4.63. The standard InChI is InChI=1S/C20H26N2O7/c1-21(2)8-6-14-11-22(18-10-15(25-3)4-5-17(14)18)19(23)27-13-28-20(24)29-16-7-9-26-12-16/h4-5,10-11,16H,6-9,12-13H2,1-3H3. The third kappa shape index (κ3) is 5.39. The molecule has 29 heavy (non-hydrogen) atoms. The number of nitrogens with zero attached hydrogens (tertiary/aromatic N) is 2. The minimum atomic E-state index is -0.890. The number of rotatable bonds is 7. The number of aromatic nitrogens is 1. The molecule has 9 nitrogen and oxygen atoms in total. The smallest absolute Gasteiger partial charge is 0.497 e. The van der Waals surface area contributed by atoms with Crippen molar-refractivity contribution in [2.24, 2.45) is 0 Å². The molecule has 1 aliphatic heterocycles. The number of carbonyl (C=O) groups excluding carboxylic acids is 2. The molecule has 0 saturated carbocycles. The number of ether oxygens (including phenoxy) is 5. The summed E-state index contributed by atoms with van der Waals surface area (Å²) in [5.74, 6) is 0.627. The second kappa shape index (κ2) is 9.62. The van der Waals surface area contributed by atoms with Crippen LogP contribution in [0.4, 0.5) is 9.59 Å². The Morgan fingerprint density at radius 1 is 1.28 bits per heavy atom. The number of likely N-dealkylation sites (N-methyl/N-ethyl adjacent to an activating group) is 1. The highest BCUT2D eigenvalue weighted by Gasteiger charge is 2.21. The molecular formula is C20H26N2O7. The van der Waals surface area contributed by atoms with E-state index in [1.165, 1.54) is 4.57 Å².